The molecule has 1 unspecified atom stereocenters. The van der Waals surface area contributed by atoms with Crippen LogP contribution in [0.2, 0.25) is 0 Å². The molecule has 1 aliphatic rings. The van der Waals surface area contributed by atoms with Crippen LogP contribution in [0.1, 0.15) is 44.6 Å². The number of hydrogen-bond donors (Lipinski definition) is 1. The minimum atomic E-state index is -1.33. The fourth-order valence-corrected chi connectivity index (χ4v) is 2.90. The zero-order chi connectivity index (χ0) is 16.7. The number of hydrogen-bond acceptors (Lipinski definition) is 3. The van der Waals surface area contributed by atoms with Crippen molar-refractivity contribution >= 4 is 5.78 Å². The summed E-state index contributed by atoms with van der Waals surface area (Å²) < 4.78 is 0. The van der Waals surface area contributed by atoms with Gasteiger partial charge in [0.25, 0.3) is 0 Å². The van der Waals surface area contributed by atoms with Gasteiger partial charge < -0.3 is 5.11 Å². The van der Waals surface area contributed by atoms with Crippen molar-refractivity contribution in [2.75, 3.05) is 20.1 Å². The summed E-state index contributed by atoms with van der Waals surface area (Å²) in [5, 5.41) is 11.1. The number of rotatable bonds is 7. The molecule has 124 valence electrons. The fourth-order valence-electron chi connectivity index (χ4n) is 2.90. The second-order valence-electron chi connectivity index (χ2n) is 6.37. The molecule has 1 aromatic rings. The Morgan fingerprint density at radius 1 is 1.30 bits per heavy atom. The van der Waals surface area contributed by atoms with E-state index < -0.39 is 5.60 Å². The van der Waals surface area contributed by atoms with Gasteiger partial charge in [-0.1, -0.05) is 49.6 Å². The van der Waals surface area contributed by atoms with Crippen LogP contribution < -0.4 is 0 Å². The quantitative estimate of drug-likeness (QED) is 0.787. The summed E-state index contributed by atoms with van der Waals surface area (Å²) >= 11 is 0. The molecular formula is C20H27NO2. The van der Waals surface area contributed by atoms with Crippen molar-refractivity contribution < 1.29 is 9.90 Å². The van der Waals surface area contributed by atoms with Gasteiger partial charge in [0.2, 0.25) is 0 Å². The van der Waals surface area contributed by atoms with E-state index in [9.17, 15) is 9.90 Å². The Bertz CT molecular complexity index is 568. The van der Waals surface area contributed by atoms with Crippen LogP contribution in [0.5, 0.6) is 0 Å². The number of carbonyl (C=O) groups is 1. The first-order valence-corrected chi connectivity index (χ1v) is 8.54. The average molecular weight is 313 g/mol. The van der Waals surface area contributed by atoms with Crippen LogP contribution in [-0.4, -0.2) is 35.9 Å². The van der Waals surface area contributed by atoms with Crippen molar-refractivity contribution in [2.45, 2.75) is 44.6 Å². The predicted octanol–water partition coefficient (Wildman–Crippen LogP) is 2.98. The summed E-state index contributed by atoms with van der Waals surface area (Å²) in [5.74, 6) is 6.10. The van der Waals surface area contributed by atoms with Gasteiger partial charge >= 0.3 is 0 Å². The van der Waals surface area contributed by atoms with Crippen LogP contribution >= 0.6 is 0 Å². The van der Waals surface area contributed by atoms with Crippen LogP contribution in [0.3, 0.4) is 0 Å². The lowest BCUT2D eigenvalue weighted by atomic mass is 9.67. The van der Waals surface area contributed by atoms with Gasteiger partial charge in [-0.2, -0.15) is 0 Å². The van der Waals surface area contributed by atoms with Crippen molar-refractivity contribution in [3.63, 3.8) is 0 Å². The number of benzene rings is 1. The number of nitrogens with zero attached hydrogens (tertiary/aromatic N) is 1. The van der Waals surface area contributed by atoms with Crippen LogP contribution in [0, 0.1) is 17.8 Å². The number of carbonyl (C=O) groups excluding carboxylic acids is 1. The Hall–Kier alpha value is -1.63. The van der Waals surface area contributed by atoms with Gasteiger partial charge in [0.05, 0.1) is 6.54 Å². The minimum absolute atomic E-state index is 0.0524. The molecule has 3 nitrogen and oxygen atoms in total. The van der Waals surface area contributed by atoms with Crippen molar-refractivity contribution in [2.24, 2.45) is 5.92 Å². The molecule has 1 fully saturated rings. The van der Waals surface area contributed by atoms with E-state index in [1.807, 2.05) is 37.4 Å². The molecular weight excluding hydrogens is 286 g/mol. The highest BCUT2D eigenvalue weighted by molar-refractivity contribution is 5.89. The molecule has 0 amide bonds. The molecule has 1 aromatic carbocycles. The lowest BCUT2D eigenvalue weighted by Gasteiger charge is -2.40. The highest BCUT2D eigenvalue weighted by atomic mass is 16.3. The van der Waals surface area contributed by atoms with Crippen LogP contribution in [0.4, 0.5) is 0 Å². The third-order valence-electron chi connectivity index (χ3n) is 4.83. The lowest BCUT2D eigenvalue weighted by Crippen LogP contribution is -2.46. The number of aliphatic hydroxyl groups is 1. The Balaban J connectivity index is 2.01. The Labute approximate surface area is 139 Å². The normalized spacial score (nSPS) is 17.0. The first kappa shape index (κ1) is 17.7. The molecule has 0 saturated heterocycles. The van der Waals surface area contributed by atoms with E-state index in [-0.39, 0.29) is 11.7 Å². The fraction of sp³-hybridized carbons (Fsp3) is 0.550. The van der Waals surface area contributed by atoms with E-state index in [2.05, 4.69) is 23.7 Å². The summed E-state index contributed by atoms with van der Waals surface area (Å²) in [5.41, 5.74) is -0.602. The van der Waals surface area contributed by atoms with Gasteiger partial charge in [0.15, 0.2) is 11.4 Å². The first-order valence-electron chi connectivity index (χ1n) is 8.54. The molecule has 0 spiro atoms. The Kier molecular flexibility index (Phi) is 6.38. The third-order valence-corrected chi connectivity index (χ3v) is 4.83. The van der Waals surface area contributed by atoms with Crippen LogP contribution in [0.15, 0.2) is 30.3 Å². The number of ketones is 1. The maximum absolute atomic E-state index is 12.7. The molecule has 0 bridgehead atoms. The van der Waals surface area contributed by atoms with Crippen molar-refractivity contribution in [3.8, 4) is 11.8 Å². The van der Waals surface area contributed by atoms with Crippen LogP contribution in [-0.2, 0) is 10.4 Å². The topological polar surface area (TPSA) is 40.5 Å². The maximum Gasteiger partial charge on any atom is 0.170 e. The highest BCUT2D eigenvalue weighted by Crippen LogP contribution is 2.43. The molecule has 3 heteroatoms. The Morgan fingerprint density at radius 3 is 2.57 bits per heavy atom. The van der Waals surface area contributed by atoms with Crippen molar-refractivity contribution in [3.05, 3.63) is 35.9 Å². The van der Waals surface area contributed by atoms with E-state index in [1.54, 1.807) is 0 Å². The monoisotopic (exact) mass is 313 g/mol. The van der Waals surface area contributed by atoms with Gasteiger partial charge in [-0.3, -0.25) is 9.69 Å². The molecule has 1 atom stereocenters. The van der Waals surface area contributed by atoms with Gasteiger partial charge in [-0.05, 0) is 37.9 Å². The summed E-state index contributed by atoms with van der Waals surface area (Å²) in [4.78, 5) is 14.8. The smallest absolute Gasteiger partial charge is 0.170 e. The van der Waals surface area contributed by atoms with Gasteiger partial charge in [0.1, 0.15) is 0 Å². The molecule has 0 heterocycles. The third kappa shape index (κ3) is 4.22. The van der Waals surface area contributed by atoms with Gasteiger partial charge in [0, 0.05) is 12.8 Å². The van der Waals surface area contributed by atoms with Gasteiger partial charge in [-0.25, -0.2) is 0 Å². The van der Waals surface area contributed by atoms with Crippen molar-refractivity contribution in [1.29, 1.82) is 0 Å². The van der Waals surface area contributed by atoms with Gasteiger partial charge in [-0.15, -0.1) is 5.92 Å². The van der Waals surface area contributed by atoms with E-state index in [0.717, 1.165) is 37.9 Å². The molecule has 1 aliphatic carbocycles. The molecule has 23 heavy (non-hydrogen) atoms. The van der Waals surface area contributed by atoms with Crippen LogP contribution in [0.25, 0.3) is 0 Å². The van der Waals surface area contributed by atoms with E-state index >= 15 is 0 Å². The SMILES string of the molecule is CCN(C)CC#CCCC(=O)C(O)(c1ccccc1)C1CCC1. The molecule has 0 radical (unpaired) electrons. The van der Waals surface area contributed by atoms with E-state index in [0.29, 0.717) is 12.8 Å². The highest BCUT2D eigenvalue weighted by Gasteiger charge is 2.46. The molecule has 0 aromatic heterocycles. The summed E-state index contributed by atoms with van der Waals surface area (Å²) in [6.07, 6.45) is 3.76. The first-order chi connectivity index (χ1) is 11.1. The molecule has 1 N–H and O–H groups in total. The zero-order valence-corrected chi connectivity index (χ0v) is 14.2. The molecule has 2 rings (SSSR count). The second-order valence-corrected chi connectivity index (χ2v) is 6.37. The standard InChI is InChI=1S/C20H27NO2/c1-3-21(2)16-9-5-8-15-19(22)20(23,18-13-10-14-18)17-11-6-4-7-12-17/h4,6-7,11-12,18,23H,3,8,10,13-16H2,1-2H3. The van der Waals surface area contributed by atoms with Crippen molar-refractivity contribution in [1.82, 2.24) is 4.90 Å². The maximum atomic E-state index is 12.7. The predicted molar refractivity (Wildman–Crippen MR) is 92.9 cm³/mol. The molecule has 1 saturated carbocycles. The average Bonchev–Trinajstić information content (AvgIpc) is 2.53. The summed E-state index contributed by atoms with van der Waals surface area (Å²) in [7, 11) is 2.02. The number of Topliss-reactive ketones (excluding diaryl/α,β-unsaturated/α-hetero) is 1. The largest absolute Gasteiger partial charge is 0.377 e. The van der Waals surface area contributed by atoms with E-state index in [1.165, 1.54) is 0 Å². The summed E-state index contributed by atoms with van der Waals surface area (Å²) in [6.45, 7) is 3.77. The molecule has 0 aliphatic heterocycles. The minimum Gasteiger partial charge on any atom is -0.377 e. The Morgan fingerprint density at radius 2 is 2.00 bits per heavy atom. The zero-order valence-electron chi connectivity index (χ0n) is 14.2. The lowest BCUT2D eigenvalue weighted by molar-refractivity contribution is -0.149. The summed E-state index contributed by atoms with van der Waals surface area (Å²) in [6, 6.07) is 9.39. The van der Waals surface area contributed by atoms with E-state index in [4.69, 9.17) is 0 Å². The second kappa shape index (κ2) is 8.29.